The van der Waals surface area contributed by atoms with Crippen molar-refractivity contribution in [3.63, 3.8) is 0 Å². The van der Waals surface area contributed by atoms with E-state index in [0.717, 1.165) is 23.4 Å². The Hall–Kier alpha value is -0.820. The molecule has 0 saturated carbocycles. The average Bonchev–Trinajstić information content (AvgIpc) is 2.78. The molecule has 0 aliphatic carbocycles. The van der Waals surface area contributed by atoms with Crippen LogP contribution in [0.15, 0.2) is 22.6 Å². The second-order valence-electron chi connectivity index (χ2n) is 3.79. The van der Waals surface area contributed by atoms with Crippen molar-refractivity contribution in [1.82, 2.24) is 10.2 Å². The molecule has 0 bridgehead atoms. The molecular formula is C13H19IN2O2. The Morgan fingerprint density at radius 3 is 2.72 bits per heavy atom. The normalized spacial score (nSPS) is 11.3. The SMILES string of the molecule is CCN(CC)CCNC(=O)C=Cc1ccc(I)o1. The van der Waals surface area contributed by atoms with Gasteiger partial charge in [-0.15, -0.1) is 0 Å². The lowest BCUT2D eigenvalue weighted by Crippen LogP contribution is -2.34. The summed E-state index contributed by atoms with van der Waals surface area (Å²) in [6.45, 7) is 7.79. The van der Waals surface area contributed by atoms with Crippen molar-refractivity contribution >= 4 is 34.6 Å². The fraction of sp³-hybridized carbons (Fsp3) is 0.462. The van der Waals surface area contributed by atoms with Crippen LogP contribution in [0.2, 0.25) is 0 Å². The first-order valence-electron chi connectivity index (χ1n) is 6.09. The Bertz CT molecular complexity index is 397. The molecule has 100 valence electrons. The Morgan fingerprint density at radius 1 is 1.44 bits per heavy atom. The van der Waals surface area contributed by atoms with Crippen molar-refractivity contribution in [3.05, 3.63) is 27.7 Å². The van der Waals surface area contributed by atoms with Crippen LogP contribution in [0, 0.1) is 3.77 Å². The van der Waals surface area contributed by atoms with Gasteiger partial charge < -0.3 is 14.6 Å². The second kappa shape index (κ2) is 8.31. The number of halogens is 1. The minimum atomic E-state index is -0.0893. The zero-order valence-corrected chi connectivity index (χ0v) is 12.9. The Kier molecular flexibility index (Phi) is 7.04. The van der Waals surface area contributed by atoms with Crippen LogP contribution >= 0.6 is 22.6 Å². The molecule has 18 heavy (non-hydrogen) atoms. The van der Waals surface area contributed by atoms with Gasteiger partial charge >= 0.3 is 0 Å². The van der Waals surface area contributed by atoms with Gasteiger partial charge in [-0.2, -0.15) is 0 Å². The van der Waals surface area contributed by atoms with E-state index in [4.69, 9.17) is 4.42 Å². The lowest BCUT2D eigenvalue weighted by atomic mass is 10.4. The summed E-state index contributed by atoms with van der Waals surface area (Å²) in [7, 11) is 0. The maximum atomic E-state index is 11.5. The Labute approximate surface area is 122 Å². The van der Waals surface area contributed by atoms with Crippen LogP contribution < -0.4 is 5.32 Å². The highest BCUT2D eigenvalue weighted by Gasteiger charge is 2.00. The molecule has 0 aromatic carbocycles. The third kappa shape index (κ3) is 5.68. The lowest BCUT2D eigenvalue weighted by molar-refractivity contribution is -0.116. The summed E-state index contributed by atoms with van der Waals surface area (Å²) in [6.07, 6.45) is 3.17. The highest BCUT2D eigenvalue weighted by molar-refractivity contribution is 14.1. The number of nitrogens with zero attached hydrogens (tertiary/aromatic N) is 1. The standard InChI is InChI=1S/C13H19IN2O2/c1-3-16(4-2)10-9-15-13(17)8-6-11-5-7-12(14)18-11/h5-8H,3-4,9-10H2,1-2H3,(H,15,17). The van der Waals surface area contributed by atoms with Crippen LogP contribution in [-0.4, -0.2) is 37.0 Å². The van der Waals surface area contributed by atoms with Crippen molar-refractivity contribution in [2.45, 2.75) is 13.8 Å². The maximum Gasteiger partial charge on any atom is 0.244 e. The van der Waals surface area contributed by atoms with Gasteiger partial charge in [0.15, 0.2) is 3.77 Å². The van der Waals surface area contributed by atoms with E-state index in [1.54, 1.807) is 6.08 Å². The van der Waals surface area contributed by atoms with Crippen LogP contribution in [0.25, 0.3) is 6.08 Å². The van der Waals surface area contributed by atoms with E-state index in [-0.39, 0.29) is 5.91 Å². The summed E-state index contributed by atoms with van der Waals surface area (Å²) < 4.78 is 6.14. The van der Waals surface area contributed by atoms with E-state index >= 15 is 0 Å². The van der Waals surface area contributed by atoms with Gasteiger partial charge in [0.2, 0.25) is 5.91 Å². The first-order valence-corrected chi connectivity index (χ1v) is 7.17. The molecule has 0 spiro atoms. The molecule has 0 saturated heterocycles. The average molecular weight is 362 g/mol. The van der Waals surface area contributed by atoms with E-state index in [0.29, 0.717) is 12.3 Å². The van der Waals surface area contributed by atoms with Gasteiger partial charge in [0.05, 0.1) is 0 Å². The minimum absolute atomic E-state index is 0.0893. The first kappa shape index (κ1) is 15.2. The molecule has 1 aromatic heterocycles. The third-order valence-electron chi connectivity index (χ3n) is 2.61. The highest BCUT2D eigenvalue weighted by Crippen LogP contribution is 2.11. The first-order chi connectivity index (χ1) is 8.65. The number of nitrogens with one attached hydrogen (secondary N) is 1. The minimum Gasteiger partial charge on any atom is -0.451 e. The van der Waals surface area contributed by atoms with Crippen LogP contribution in [0.1, 0.15) is 19.6 Å². The molecule has 1 rings (SSSR count). The fourth-order valence-electron chi connectivity index (χ4n) is 1.51. The summed E-state index contributed by atoms with van der Waals surface area (Å²) in [4.78, 5) is 13.8. The number of likely N-dealkylation sites (N-methyl/N-ethyl adjacent to an activating group) is 1. The second-order valence-corrected chi connectivity index (χ2v) is 4.86. The summed E-state index contributed by atoms with van der Waals surface area (Å²) in [6, 6.07) is 3.69. The molecule has 0 radical (unpaired) electrons. The van der Waals surface area contributed by atoms with Crippen molar-refractivity contribution in [2.75, 3.05) is 26.2 Å². The van der Waals surface area contributed by atoms with E-state index in [9.17, 15) is 4.79 Å². The summed E-state index contributed by atoms with van der Waals surface area (Å²) >= 11 is 2.09. The van der Waals surface area contributed by atoms with Crippen LogP contribution in [0.4, 0.5) is 0 Å². The largest absolute Gasteiger partial charge is 0.451 e. The predicted molar refractivity (Wildman–Crippen MR) is 81.3 cm³/mol. The number of rotatable bonds is 7. The molecule has 0 fully saturated rings. The molecule has 1 amide bonds. The number of hydrogen-bond donors (Lipinski definition) is 1. The number of carbonyl (C=O) groups excluding carboxylic acids is 1. The van der Waals surface area contributed by atoms with Gasteiger partial charge in [0, 0.05) is 19.2 Å². The quantitative estimate of drug-likeness (QED) is 0.598. The van der Waals surface area contributed by atoms with Gasteiger partial charge in [0.25, 0.3) is 0 Å². The van der Waals surface area contributed by atoms with Gasteiger partial charge in [-0.05, 0) is 53.9 Å². The van der Waals surface area contributed by atoms with Gasteiger partial charge in [-0.3, -0.25) is 4.79 Å². The van der Waals surface area contributed by atoms with E-state index < -0.39 is 0 Å². The smallest absolute Gasteiger partial charge is 0.244 e. The third-order valence-corrected chi connectivity index (χ3v) is 3.19. The van der Waals surface area contributed by atoms with Gasteiger partial charge in [-0.1, -0.05) is 13.8 Å². The summed E-state index contributed by atoms with van der Waals surface area (Å²) in [5.74, 6) is 0.604. The molecule has 0 atom stereocenters. The van der Waals surface area contributed by atoms with Gasteiger partial charge in [-0.25, -0.2) is 0 Å². The molecular weight excluding hydrogens is 343 g/mol. The van der Waals surface area contributed by atoms with Crippen molar-refractivity contribution in [3.8, 4) is 0 Å². The van der Waals surface area contributed by atoms with Crippen LogP contribution in [0.3, 0.4) is 0 Å². The maximum absolute atomic E-state index is 11.5. The summed E-state index contributed by atoms with van der Waals surface area (Å²) in [5.41, 5.74) is 0. The van der Waals surface area contributed by atoms with E-state index in [1.807, 2.05) is 12.1 Å². The zero-order valence-electron chi connectivity index (χ0n) is 10.8. The van der Waals surface area contributed by atoms with E-state index in [2.05, 4.69) is 46.7 Å². The Morgan fingerprint density at radius 2 is 2.17 bits per heavy atom. The molecule has 0 aliphatic heterocycles. The fourth-order valence-corrected chi connectivity index (χ4v) is 1.95. The van der Waals surface area contributed by atoms with Gasteiger partial charge in [0.1, 0.15) is 5.76 Å². The molecule has 5 heteroatoms. The molecule has 0 unspecified atom stereocenters. The molecule has 1 N–H and O–H groups in total. The lowest BCUT2D eigenvalue weighted by Gasteiger charge is -2.17. The van der Waals surface area contributed by atoms with Crippen LogP contribution in [0.5, 0.6) is 0 Å². The summed E-state index contributed by atoms with van der Waals surface area (Å²) in [5, 5.41) is 2.85. The number of hydrogen-bond acceptors (Lipinski definition) is 3. The number of amides is 1. The molecule has 0 aliphatic rings. The zero-order chi connectivity index (χ0) is 13.4. The van der Waals surface area contributed by atoms with Crippen molar-refractivity contribution in [2.24, 2.45) is 0 Å². The number of carbonyl (C=O) groups is 1. The Balaban J connectivity index is 2.27. The van der Waals surface area contributed by atoms with E-state index in [1.165, 1.54) is 6.08 Å². The molecule has 4 nitrogen and oxygen atoms in total. The molecule has 1 aromatic rings. The van der Waals surface area contributed by atoms with Crippen molar-refractivity contribution in [1.29, 1.82) is 0 Å². The number of furan rings is 1. The predicted octanol–water partition coefficient (Wildman–Crippen LogP) is 2.36. The van der Waals surface area contributed by atoms with Crippen molar-refractivity contribution < 1.29 is 9.21 Å². The monoisotopic (exact) mass is 362 g/mol. The topological polar surface area (TPSA) is 45.5 Å². The highest BCUT2D eigenvalue weighted by atomic mass is 127. The molecule has 1 heterocycles. The van der Waals surface area contributed by atoms with Crippen LogP contribution in [-0.2, 0) is 4.79 Å².